The van der Waals surface area contributed by atoms with Crippen molar-refractivity contribution in [3.05, 3.63) is 24.3 Å². The molecule has 2 aliphatic rings. The van der Waals surface area contributed by atoms with E-state index >= 15 is 0 Å². The molecule has 19 heavy (non-hydrogen) atoms. The van der Waals surface area contributed by atoms with E-state index in [-0.39, 0.29) is 17.4 Å². The minimum atomic E-state index is -0.123. The Labute approximate surface area is 113 Å². The minimum Gasteiger partial charge on any atom is -0.486 e. The molecule has 1 aliphatic carbocycles. The Morgan fingerprint density at radius 1 is 1.37 bits per heavy atom. The number of hydrogen-bond donors (Lipinski definition) is 0. The summed E-state index contributed by atoms with van der Waals surface area (Å²) < 4.78 is 11.5. The van der Waals surface area contributed by atoms with Gasteiger partial charge >= 0.3 is 0 Å². The molecule has 0 saturated heterocycles. The maximum atomic E-state index is 12.2. The maximum absolute atomic E-state index is 12.2. The van der Waals surface area contributed by atoms with E-state index < -0.39 is 0 Å². The highest BCUT2D eigenvalue weighted by Crippen LogP contribution is 2.46. The summed E-state index contributed by atoms with van der Waals surface area (Å²) in [6.07, 6.45) is 1.91. The van der Waals surface area contributed by atoms with Crippen LogP contribution in [0.2, 0.25) is 0 Å². The lowest BCUT2D eigenvalue weighted by atomic mass is 10.1. The number of carbonyl (C=O) groups excluding carboxylic acids is 1. The molecule has 4 heteroatoms. The SMILES string of the molecule is CN(CC1COc2ccccc2O1)C(=O)C1(C)CC1. The fourth-order valence-electron chi connectivity index (χ4n) is 2.40. The number of nitrogens with zero attached hydrogens (tertiary/aromatic N) is 1. The maximum Gasteiger partial charge on any atom is 0.228 e. The second-order valence-electron chi connectivity index (χ2n) is 5.74. The lowest BCUT2D eigenvalue weighted by molar-refractivity contribution is -0.136. The minimum absolute atomic E-state index is 0.0915. The van der Waals surface area contributed by atoms with Crippen molar-refractivity contribution in [3.8, 4) is 11.5 Å². The summed E-state index contributed by atoms with van der Waals surface area (Å²) in [5.41, 5.74) is -0.123. The van der Waals surface area contributed by atoms with Gasteiger partial charge in [0.1, 0.15) is 6.61 Å². The number of para-hydroxylation sites is 2. The van der Waals surface area contributed by atoms with Gasteiger partial charge < -0.3 is 14.4 Å². The Morgan fingerprint density at radius 2 is 2.05 bits per heavy atom. The van der Waals surface area contributed by atoms with Gasteiger partial charge in [-0.05, 0) is 25.0 Å². The van der Waals surface area contributed by atoms with Gasteiger partial charge in [-0.15, -0.1) is 0 Å². The highest BCUT2D eigenvalue weighted by atomic mass is 16.6. The zero-order valence-corrected chi connectivity index (χ0v) is 11.4. The molecule has 1 fully saturated rings. The van der Waals surface area contributed by atoms with Gasteiger partial charge in [0.25, 0.3) is 0 Å². The van der Waals surface area contributed by atoms with E-state index in [2.05, 4.69) is 0 Å². The van der Waals surface area contributed by atoms with Gasteiger partial charge in [0.2, 0.25) is 5.91 Å². The quantitative estimate of drug-likeness (QED) is 0.836. The van der Waals surface area contributed by atoms with Gasteiger partial charge in [0.15, 0.2) is 17.6 Å². The Balaban J connectivity index is 1.61. The summed E-state index contributed by atoms with van der Waals surface area (Å²) in [6, 6.07) is 7.63. The first-order valence-electron chi connectivity index (χ1n) is 6.72. The third-order valence-corrected chi connectivity index (χ3v) is 3.91. The van der Waals surface area contributed by atoms with Crippen LogP contribution in [0.5, 0.6) is 11.5 Å². The molecule has 1 saturated carbocycles. The first-order valence-corrected chi connectivity index (χ1v) is 6.72. The number of rotatable bonds is 3. The van der Waals surface area contributed by atoms with E-state index in [4.69, 9.17) is 9.47 Å². The van der Waals surface area contributed by atoms with Crippen LogP contribution < -0.4 is 9.47 Å². The molecule has 0 aromatic heterocycles. The summed E-state index contributed by atoms with van der Waals surface area (Å²) in [5, 5.41) is 0. The highest BCUT2D eigenvalue weighted by molar-refractivity contribution is 5.84. The van der Waals surface area contributed by atoms with Crippen LogP contribution >= 0.6 is 0 Å². The third-order valence-electron chi connectivity index (χ3n) is 3.91. The van der Waals surface area contributed by atoms with Crippen LogP contribution in [-0.4, -0.2) is 37.1 Å². The monoisotopic (exact) mass is 261 g/mol. The van der Waals surface area contributed by atoms with E-state index in [0.717, 1.165) is 24.3 Å². The Bertz CT molecular complexity index is 496. The largest absolute Gasteiger partial charge is 0.486 e. The zero-order chi connectivity index (χ0) is 13.5. The van der Waals surface area contributed by atoms with Crippen LogP contribution in [0.1, 0.15) is 19.8 Å². The normalized spacial score (nSPS) is 22.7. The third kappa shape index (κ3) is 2.39. The predicted molar refractivity (Wildman–Crippen MR) is 71.3 cm³/mol. The van der Waals surface area contributed by atoms with E-state index in [1.807, 2.05) is 38.2 Å². The lowest BCUT2D eigenvalue weighted by Crippen LogP contribution is -2.43. The van der Waals surface area contributed by atoms with Crippen molar-refractivity contribution in [2.24, 2.45) is 5.41 Å². The summed E-state index contributed by atoms with van der Waals surface area (Å²) in [7, 11) is 1.84. The molecule has 102 valence electrons. The van der Waals surface area contributed by atoms with Gasteiger partial charge in [-0.3, -0.25) is 4.79 Å². The van der Waals surface area contributed by atoms with E-state index in [1.165, 1.54) is 0 Å². The van der Waals surface area contributed by atoms with E-state index in [0.29, 0.717) is 13.2 Å². The second kappa shape index (κ2) is 4.44. The molecule has 4 nitrogen and oxygen atoms in total. The summed E-state index contributed by atoms with van der Waals surface area (Å²) in [6.45, 7) is 3.09. The molecule has 0 radical (unpaired) electrons. The van der Waals surface area contributed by atoms with Gasteiger partial charge in [-0.2, -0.15) is 0 Å². The first kappa shape index (κ1) is 12.3. The van der Waals surface area contributed by atoms with Gasteiger partial charge in [-0.1, -0.05) is 19.1 Å². The molecule has 1 aliphatic heterocycles. The highest BCUT2D eigenvalue weighted by Gasteiger charge is 2.46. The molecule has 1 unspecified atom stereocenters. The summed E-state index contributed by atoms with van der Waals surface area (Å²) in [5.74, 6) is 1.76. The van der Waals surface area contributed by atoms with Crippen molar-refractivity contribution in [1.82, 2.24) is 4.90 Å². The molecule has 1 heterocycles. The second-order valence-corrected chi connectivity index (χ2v) is 5.74. The fraction of sp³-hybridized carbons (Fsp3) is 0.533. The smallest absolute Gasteiger partial charge is 0.228 e. The number of ether oxygens (including phenoxy) is 2. The molecule has 1 atom stereocenters. The van der Waals surface area contributed by atoms with Crippen LogP contribution in [0, 0.1) is 5.41 Å². The first-order chi connectivity index (χ1) is 9.08. The van der Waals surface area contributed by atoms with Crippen molar-refractivity contribution in [2.75, 3.05) is 20.2 Å². The van der Waals surface area contributed by atoms with Crippen LogP contribution in [0.3, 0.4) is 0 Å². The van der Waals surface area contributed by atoms with Gasteiger partial charge in [0, 0.05) is 12.5 Å². The van der Waals surface area contributed by atoms with Crippen LogP contribution in [0.25, 0.3) is 0 Å². The zero-order valence-electron chi connectivity index (χ0n) is 11.4. The van der Waals surface area contributed by atoms with E-state index in [9.17, 15) is 4.79 Å². The van der Waals surface area contributed by atoms with Crippen molar-refractivity contribution < 1.29 is 14.3 Å². The van der Waals surface area contributed by atoms with Crippen LogP contribution in [-0.2, 0) is 4.79 Å². The fourth-order valence-corrected chi connectivity index (χ4v) is 2.40. The van der Waals surface area contributed by atoms with Crippen molar-refractivity contribution in [1.29, 1.82) is 0 Å². The van der Waals surface area contributed by atoms with Crippen LogP contribution in [0.15, 0.2) is 24.3 Å². The number of hydrogen-bond acceptors (Lipinski definition) is 3. The van der Waals surface area contributed by atoms with E-state index in [1.54, 1.807) is 4.90 Å². The molecule has 0 spiro atoms. The summed E-state index contributed by atoms with van der Waals surface area (Å²) in [4.78, 5) is 13.9. The summed E-state index contributed by atoms with van der Waals surface area (Å²) >= 11 is 0. The molecule has 1 amide bonds. The standard InChI is InChI=1S/C15H19NO3/c1-15(7-8-15)14(17)16(2)9-11-10-18-12-5-3-4-6-13(12)19-11/h3-6,11H,7-10H2,1-2H3. The van der Waals surface area contributed by atoms with Gasteiger partial charge in [-0.25, -0.2) is 0 Å². The number of amides is 1. The van der Waals surface area contributed by atoms with Crippen molar-refractivity contribution in [3.63, 3.8) is 0 Å². The number of likely N-dealkylation sites (N-methyl/N-ethyl adjacent to an activating group) is 1. The number of carbonyl (C=O) groups is 1. The molecular formula is C15H19NO3. The number of benzene rings is 1. The van der Waals surface area contributed by atoms with Gasteiger partial charge in [0.05, 0.1) is 6.54 Å². The number of fused-ring (bicyclic) bond motifs is 1. The average Bonchev–Trinajstić information content (AvgIpc) is 3.17. The molecule has 3 rings (SSSR count). The average molecular weight is 261 g/mol. The Hall–Kier alpha value is -1.71. The lowest BCUT2D eigenvalue weighted by Gasteiger charge is -2.30. The topological polar surface area (TPSA) is 38.8 Å². The Kier molecular flexibility index (Phi) is 2.88. The predicted octanol–water partition coefficient (Wildman–Crippen LogP) is 2.08. The molecule has 1 aromatic carbocycles. The van der Waals surface area contributed by atoms with Crippen molar-refractivity contribution in [2.45, 2.75) is 25.9 Å². The molecule has 0 bridgehead atoms. The molecule has 1 aromatic rings. The molecular weight excluding hydrogens is 242 g/mol. The van der Waals surface area contributed by atoms with Crippen molar-refractivity contribution >= 4 is 5.91 Å². The molecule has 0 N–H and O–H groups in total. The van der Waals surface area contributed by atoms with Crippen LogP contribution in [0.4, 0.5) is 0 Å². The Morgan fingerprint density at radius 3 is 2.74 bits per heavy atom.